The normalized spacial score (nSPS) is 17.3. The molecule has 1 saturated carbocycles. The number of benzene rings is 3. The summed E-state index contributed by atoms with van der Waals surface area (Å²) in [4.78, 5) is 67.6. The molecular formula is C61H72ClF3N12O12S2. The van der Waals surface area contributed by atoms with Gasteiger partial charge in [-0.3, -0.25) is 19.4 Å². The number of aryl methyl sites for hydroxylation is 1. The number of sulfone groups is 1. The number of carbonyl (C=O) groups is 3. The smallest absolute Gasteiger partial charge is 0.491 e. The molecule has 3 aromatic heterocycles. The lowest BCUT2D eigenvalue weighted by Gasteiger charge is -2.35. The topological polar surface area (TPSA) is 281 Å². The van der Waals surface area contributed by atoms with Gasteiger partial charge in [0.1, 0.15) is 31.0 Å². The number of alkyl halides is 3. The molecule has 0 radical (unpaired) electrons. The van der Waals surface area contributed by atoms with E-state index in [0.717, 1.165) is 22.4 Å². The summed E-state index contributed by atoms with van der Waals surface area (Å²) in [5, 5.41) is 15.6. The van der Waals surface area contributed by atoms with Gasteiger partial charge in [0.25, 0.3) is 5.91 Å². The minimum Gasteiger partial charge on any atom is -0.491 e. The van der Waals surface area contributed by atoms with Crippen LogP contribution in [0.5, 0.6) is 23.3 Å². The first-order valence-electron chi connectivity index (χ1n) is 29.7. The summed E-state index contributed by atoms with van der Waals surface area (Å²) in [6.07, 6.45) is -0.114. The molecule has 3 fully saturated rings. The van der Waals surface area contributed by atoms with E-state index in [1.807, 2.05) is 30.0 Å². The maximum absolute atomic E-state index is 14.7. The molecule has 0 spiro atoms. The molecular weight excluding hydrogens is 1250 g/mol. The van der Waals surface area contributed by atoms with Gasteiger partial charge in [0.15, 0.2) is 27.0 Å². The molecule has 10 rings (SSSR count). The van der Waals surface area contributed by atoms with Crippen LogP contribution in [0, 0.1) is 12.3 Å². The zero-order valence-corrected chi connectivity index (χ0v) is 53.2. The van der Waals surface area contributed by atoms with Gasteiger partial charge in [-0.2, -0.15) is 15.0 Å². The van der Waals surface area contributed by atoms with Crippen LogP contribution in [0.1, 0.15) is 75.0 Å². The molecule has 0 bridgehead atoms. The number of piperazine rings is 1. The number of nitrogens with one attached hydrogen (secondary N) is 5. The number of rotatable bonds is 29. The van der Waals surface area contributed by atoms with Gasteiger partial charge in [0.05, 0.1) is 88.8 Å². The third-order valence-electron chi connectivity index (χ3n) is 15.3. The average Bonchev–Trinajstić information content (AvgIpc) is 1.81. The van der Waals surface area contributed by atoms with E-state index in [0.29, 0.717) is 56.9 Å². The third-order valence-corrected chi connectivity index (χ3v) is 17.7. The molecule has 488 valence electrons. The Hall–Kier alpha value is -7.67. The van der Waals surface area contributed by atoms with Gasteiger partial charge >= 0.3 is 12.3 Å². The monoisotopic (exact) mass is 1320 g/mol. The second-order valence-electron chi connectivity index (χ2n) is 23.1. The number of para-hydroxylation sites is 1. The van der Waals surface area contributed by atoms with Crippen molar-refractivity contribution in [2.75, 3.05) is 107 Å². The highest BCUT2D eigenvalue weighted by Gasteiger charge is 2.53. The van der Waals surface area contributed by atoms with E-state index in [1.54, 1.807) is 44.5 Å². The molecule has 5 N–H and O–H groups in total. The van der Waals surface area contributed by atoms with Crippen molar-refractivity contribution in [3.63, 3.8) is 0 Å². The number of amides is 3. The molecule has 4 aliphatic rings. The van der Waals surface area contributed by atoms with Crippen molar-refractivity contribution < 1.29 is 69.1 Å². The maximum Gasteiger partial charge on any atom is 0.586 e. The first-order valence-corrected chi connectivity index (χ1v) is 32.9. The fraction of sp³-hybridized carbons (Fsp3) is 0.475. The van der Waals surface area contributed by atoms with Crippen LogP contribution >= 0.6 is 22.9 Å². The van der Waals surface area contributed by atoms with Crippen LogP contribution in [0.25, 0.3) is 10.4 Å². The Morgan fingerprint density at radius 1 is 0.857 bits per heavy atom. The highest BCUT2D eigenvalue weighted by molar-refractivity contribution is 7.90. The number of anilines is 4. The number of carbonyl (C=O) groups excluding carboxylic acids is 3. The molecule has 6 aromatic rings. The van der Waals surface area contributed by atoms with E-state index >= 15 is 0 Å². The van der Waals surface area contributed by atoms with Gasteiger partial charge in [0.2, 0.25) is 23.7 Å². The van der Waals surface area contributed by atoms with E-state index in [4.69, 9.17) is 49.7 Å². The molecule has 3 amide bonds. The number of aromatic nitrogens is 5. The van der Waals surface area contributed by atoms with Crippen molar-refractivity contribution in [3.05, 3.63) is 106 Å². The quantitative estimate of drug-likeness (QED) is 0.0283. The van der Waals surface area contributed by atoms with E-state index in [1.165, 1.54) is 52.8 Å². The van der Waals surface area contributed by atoms with Crippen LogP contribution in [0.15, 0.2) is 83.3 Å². The first kappa shape index (κ1) is 66.3. The Bertz CT molecular complexity index is 3690. The average molecular weight is 1320 g/mol. The number of likely N-dealkylation sites (tertiary alicyclic amines) is 1. The number of pyridine rings is 1. The van der Waals surface area contributed by atoms with Crippen LogP contribution in [-0.4, -0.2) is 172 Å². The van der Waals surface area contributed by atoms with E-state index in [9.17, 15) is 36.0 Å². The summed E-state index contributed by atoms with van der Waals surface area (Å²) < 4.78 is 109. The summed E-state index contributed by atoms with van der Waals surface area (Å²) in [5.74, 6) is -1.19. The summed E-state index contributed by atoms with van der Waals surface area (Å²) in [6.45, 7) is 11.8. The van der Waals surface area contributed by atoms with Gasteiger partial charge in [-0.25, -0.2) is 17.8 Å². The SMILES string of the molecule is Cc1ncsc1-c1ccc(CNC(=O)[C@@H]2CCCN2C(=O)[C@@H](NC(=O)C2(F)CC2)C(C)(C)C)c(OCCOCCOCCOCCOc2nc(Nc3cc(S(C)(=O)=O)ccc3N[C@@H](c3cccc4c3OC(F)(F)O4)c3ncccc3Cl)nc(N3CCNCC3)n2)c1. The number of thiazole rings is 1. The van der Waals surface area contributed by atoms with Crippen molar-refractivity contribution in [2.24, 2.45) is 5.41 Å². The minimum absolute atomic E-state index is 0.00542. The predicted molar refractivity (Wildman–Crippen MR) is 332 cm³/mol. The molecule has 2 saturated heterocycles. The lowest BCUT2D eigenvalue weighted by atomic mass is 9.85. The number of hydrogen-bond acceptors (Lipinski definition) is 22. The van der Waals surface area contributed by atoms with Gasteiger partial charge in [-0.1, -0.05) is 56.6 Å². The molecule has 0 unspecified atom stereocenters. The largest absolute Gasteiger partial charge is 0.586 e. The minimum atomic E-state index is -3.94. The molecule has 3 aromatic carbocycles. The second kappa shape index (κ2) is 28.9. The molecule has 6 heterocycles. The second-order valence-corrected chi connectivity index (χ2v) is 26.4. The number of fused-ring (bicyclic) bond motifs is 1. The zero-order chi connectivity index (χ0) is 64.5. The Kier molecular flexibility index (Phi) is 21.0. The molecule has 91 heavy (non-hydrogen) atoms. The Morgan fingerprint density at radius 3 is 2.26 bits per heavy atom. The van der Waals surface area contributed by atoms with Crippen molar-refractivity contribution >= 4 is 73.8 Å². The fourth-order valence-electron chi connectivity index (χ4n) is 10.4. The van der Waals surface area contributed by atoms with Crippen molar-refractivity contribution in [1.82, 2.24) is 45.8 Å². The number of nitrogens with zero attached hydrogens (tertiary/aromatic N) is 7. The van der Waals surface area contributed by atoms with Gasteiger partial charge < -0.3 is 69.5 Å². The van der Waals surface area contributed by atoms with Gasteiger partial charge in [0, 0.05) is 62.8 Å². The summed E-state index contributed by atoms with van der Waals surface area (Å²) in [5.41, 5.74) is 2.43. The lowest BCUT2D eigenvalue weighted by molar-refractivity contribution is -0.287. The zero-order valence-electron chi connectivity index (χ0n) is 50.8. The lowest BCUT2D eigenvalue weighted by Crippen LogP contribution is -2.58. The fourth-order valence-corrected chi connectivity index (χ4v) is 12.0. The highest BCUT2D eigenvalue weighted by atomic mass is 35.5. The molecule has 30 heteroatoms. The number of halogens is 4. The molecule has 3 aliphatic heterocycles. The predicted octanol–water partition coefficient (Wildman–Crippen LogP) is 7.58. The Labute approximate surface area is 533 Å². The van der Waals surface area contributed by atoms with Crippen LogP contribution in [0.3, 0.4) is 0 Å². The van der Waals surface area contributed by atoms with Crippen LogP contribution in [0.4, 0.5) is 36.4 Å². The molecule has 1 aliphatic carbocycles. The van der Waals surface area contributed by atoms with Gasteiger partial charge in [-0.15, -0.1) is 20.1 Å². The van der Waals surface area contributed by atoms with E-state index in [-0.39, 0.29) is 140 Å². The van der Waals surface area contributed by atoms with E-state index in [2.05, 4.69) is 46.5 Å². The first-order chi connectivity index (χ1) is 43.5. The summed E-state index contributed by atoms with van der Waals surface area (Å²) in [6, 6.07) is 14.7. The standard InChI is InChI=1S/C61H72ClF3N12O12S2/c1-37-51(90-36-69-37)38-13-14-39(35-68-53(78)45-11-8-22-77(45)54(79)52(59(2,3)4)72-55(80)60(63)17-18-60)47(33-38)86-31-29-84-27-25-83-26-28-85-30-32-87-58-74-56(73-57(75-58)76-23-20-66-21-24-76)71-44-34-40(91(5,81)82)15-16-43(44)70-48(49-42(62)10-7-19-67-49)41-9-6-12-46-50(41)89-61(64,65)88-46/h6-7,9-10,12-16,19,33-34,36,45,48,52,66,70H,8,11,17-18,20-32,35H2,1-5H3,(H,68,78)(H,72,80)(H,71,73,74,75)/t45-,48-,52+/m0/s1. The van der Waals surface area contributed by atoms with Crippen molar-refractivity contribution in [2.45, 2.75) is 94.9 Å². The van der Waals surface area contributed by atoms with Crippen LogP contribution in [-0.2, 0) is 45.0 Å². The Balaban J connectivity index is 0.705. The Morgan fingerprint density at radius 2 is 1.58 bits per heavy atom. The number of hydrogen-bond donors (Lipinski definition) is 5. The van der Waals surface area contributed by atoms with E-state index < -0.39 is 57.2 Å². The van der Waals surface area contributed by atoms with Crippen molar-refractivity contribution in [1.29, 1.82) is 0 Å². The van der Waals surface area contributed by atoms with Crippen molar-refractivity contribution in [3.8, 4) is 33.7 Å². The number of ether oxygens (including phenoxy) is 7. The highest BCUT2D eigenvalue weighted by Crippen LogP contribution is 2.48. The van der Waals surface area contributed by atoms with Gasteiger partial charge in [-0.05, 0) is 86.1 Å². The molecule has 3 atom stereocenters. The summed E-state index contributed by atoms with van der Waals surface area (Å²) >= 11 is 8.19. The third kappa shape index (κ3) is 16.9. The maximum atomic E-state index is 14.7. The van der Waals surface area contributed by atoms with Crippen LogP contribution in [0.2, 0.25) is 5.02 Å². The molecule has 24 nitrogen and oxygen atoms in total. The summed E-state index contributed by atoms with van der Waals surface area (Å²) in [7, 11) is -3.77. The van der Waals surface area contributed by atoms with Crippen LogP contribution < -0.4 is 50.4 Å².